The minimum absolute atomic E-state index is 0.190. The van der Waals surface area contributed by atoms with Crippen LogP contribution in [0.2, 0.25) is 0 Å². The fraction of sp³-hybridized carbons (Fsp3) is 0.200. The lowest BCUT2D eigenvalue weighted by Crippen LogP contribution is -2.32. The van der Waals surface area contributed by atoms with Gasteiger partial charge < -0.3 is 0 Å². The standard InChI is InChI=1S/C5H8N4O2/c1-2-3-9(6)4-7-5(10)11-8-4/h2H,1,3,6H2,(H,7,8,10). The van der Waals surface area contributed by atoms with Gasteiger partial charge in [0, 0.05) is 0 Å². The van der Waals surface area contributed by atoms with Crippen LogP contribution in [0, 0.1) is 0 Å². The lowest BCUT2D eigenvalue weighted by Gasteiger charge is -2.09. The van der Waals surface area contributed by atoms with Gasteiger partial charge in [0.1, 0.15) is 0 Å². The molecule has 60 valence electrons. The Hall–Kier alpha value is -1.56. The molecule has 11 heavy (non-hydrogen) atoms. The molecule has 1 aromatic heterocycles. The summed E-state index contributed by atoms with van der Waals surface area (Å²) in [5.41, 5.74) is 0. The molecule has 0 radical (unpaired) electrons. The van der Waals surface area contributed by atoms with Gasteiger partial charge in [0.05, 0.1) is 6.54 Å². The highest BCUT2D eigenvalue weighted by Crippen LogP contribution is 1.95. The van der Waals surface area contributed by atoms with E-state index in [1.165, 1.54) is 5.01 Å². The van der Waals surface area contributed by atoms with Crippen molar-refractivity contribution in [1.82, 2.24) is 10.1 Å². The van der Waals surface area contributed by atoms with E-state index < -0.39 is 5.76 Å². The van der Waals surface area contributed by atoms with E-state index in [0.717, 1.165) is 0 Å². The molecule has 0 unspecified atom stereocenters. The first-order chi connectivity index (χ1) is 5.24. The maximum Gasteiger partial charge on any atom is 0.440 e. The highest BCUT2D eigenvalue weighted by atomic mass is 16.5. The first-order valence-electron chi connectivity index (χ1n) is 2.93. The van der Waals surface area contributed by atoms with Crippen LogP contribution in [0.25, 0.3) is 0 Å². The molecule has 1 heterocycles. The third-order valence-corrected chi connectivity index (χ3v) is 1.03. The van der Waals surface area contributed by atoms with E-state index in [2.05, 4.69) is 21.2 Å². The van der Waals surface area contributed by atoms with Crippen LogP contribution in [0.1, 0.15) is 0 Å². The van der Waals surface area contributed by atoms with Gasteiger partial charge in [0.25, 0.3) is 5.95 Å². The van der Waals surface area contributed by atoms with Crippen molar-refractivity contribution in [2.24, 2.45) is 5.84 Å². The van der Waals surface area contributed by atoms with Crippen molar-refractivity contribution >= 4 is 5.95 Å². The fourth-order valence-corrected chi connectivity index (χ4v) is 0.571. The largest absolute Gasteiger partial charge is 0.440 e. The zero-order chi connectivity index (χ0) is 8.27. The quantitative estimate of drug-likeness (QED) is 0.341. The van der Waals surface area contributed by atoms with Gasteiger partial charge in [-0.05, 0) is 5.16 Å². The molecule has 6 nitrogen and oxygen atoms in total. The summed E-state index contributed by atoms with van der Waals surface area (Å²) in [6.45, 7) is 3.85. The molecule has 0 saturated carbocycles. The Morgan fingerprint density at radius 3 is 3.09 bits per heavy atom. The van der Waals surface area contributed by atoms with Gasteiger partial charge in [-0.25, -0.2) is 10.6 Å². The van der Waals surface area contributed by atoms with E-state index in [9.17, 15) is 4.79 Å². The molecule has 1 aromatic rings. The number of anilines is 1. The molecule has 0 aliphatic rings. The molecule has 6 heteroatoms. The summed E-state index contributed by atoms with van der Waals surface area (Å²) >= 11 is 0. The number of hydrogen-bond donors (Lipinski definition) is 2. The van der Waals surface area contributed by atoms with Crippen LogP contribution >= 0.6 is 0 Å². The molecule has 0 amide bonds. The second-order valence-corrected chi connectivity index (χ2v) is 1.86. The Morgan fingerprint density at radius 1 is 1.91 bits per heavy atom. The molecule has 1 rings (SSSR count). The summed E-state index contributed by atoms with van der Waals surface area (Å²) in [6, 6.07) is 0. The Morgan fingerprint density at radius 2 is 2.64 bits per heavy atom. The van der Waals surface area contributed by atoms with E-state index in [0.29, 0.717) is 6.54 Å². The molecule has 0 atom stereocenters. The molecule has 0 saturated heterocycles. The van der Waals surface area contributed by atoms with Crippen molar-refractivity contribution in [3.8, 4) is 0 Å². The van der Waals surface area contributed by atoms with Crippen LogP contribution in [-0.2, 0) is 0 Å². The molecule has 0 fully saturated rings. The van der Waals surface area contributed by atoms with Crippen LogP contribution in [0.15, 0.2) is 22.0 Å². The highest BCUT2D eigenvalue weighted by molar-refractivity contribution is 5.23. The summed E-state index contributed by atoms with van der Waals surface area (Å²) in [6.07, 6.45) is 1.58. The molecular weight excluding hydrogens is 148 g/mol. The molecule has 0 aliphatic heterocycles. The number of nitrogens with two attached hydrogens (primary N) is 1. The zero-order valence-electron chi connectivity index (χ0n) is 5.78. The molecule has 3 N–H and O–H groups in total. The lowest BCUT2D eigenvalue weighted by atomic mass is 10.6. The van der Waals surface area contributed by atoms with Crippen LogP contribution in [0.4, 0.5) is 5.95 Å². The summed E-state index contributed by atoms with van der Waals surface area (Å²) in [7, 11) is 0. The molecule has 0 spiro atoms. The van der Waals surface area contributed by atoms with Gasteiger partial charge in [0.15, 0.2) is 0 Å². The van der Waals surface area contributed by atoms with E-state index in [4.69, 9.17) is 5.84 Å². The predicted octanol–water partition coefficient (Wildman–Crippen LogP) is -0.771. The average Bonchev–Trinajstić information content (AvgIpc) is 2.36. The van der Waals surface area contributed by atoms with E-state index in [-0.39, 0.29) is 5.95 Å². The minimum Gasteiger partial charge on any atom is -0.294 e. The Labute approximate surface area is 62.3 Å². The maximum absolute atomic E-state index is 10.4. The van der Waals surface area contributed by atoms with Crippen molar-refractivity contribution in [2.45, 2.75) is 0 Å². The predicted molar refractivity (Wildman–Crippen MR) is 38.9 cm³/mol. The van der Waals surface area contributed by atoms with Crippen LogP contribution < -0.4 is 16.6 Å². The summed E-state index contributed by atoms with van der Waals surface area (Å²) in [5, 5.41) is 4.55. The van der Waals surface area contributed by atoms with Crippen LogP contribution in [0.5, 0.6) is 0 Å². The van der Waals surface area contributed by atoms with Crippen molar-refractivity contribution in [3.63, 3.8) is 0 Å². The van der Waals surface area contributed by atoms with Gasteiger partial charge >= 0.3 is 5.76 Å². The topological polar surface area (TPSA) is 88.2 Å². The van der Waals surface area contributed by atoms with Crippen molar-refractivity contribution in [3.05, 3.63) is 23.2 Å². The van der Waals surface area contributed by atoms with E-state index in [1.807, 2.05) is 0 Å². The summed E-state index contributed by atoms with van der Waals surface area (Å²) in [5.74, 6) is 4.95. The Bertz CT molecular complexity index is 289. The second-order valence-electron chi connectivity index (χ2n) is 1.86. The van der Waals surface area contributed by atoms with Gasteiger partial charge in [-0.2, -0.15) is 0 Å². The maximum atomic E-state index is 10.4. The molecule has 0 aromatic carbocycles. The number of aromatic amines is 1. The van der Waals surface area contributed by atoms with Gasteiger partial charge in [-0.3, -0.25) is 14.5 Å². The van der Waals surface area contributed by atoms with Gasteiger partial charge in [-0.1, -0.05) is 6.08 Å². The fourth-order valence-electron chi connectivity index (χ4n) is 0.571. The summed E-state index contributed by atoms with van der Waals surface area (Å²) < 4.78 is 4.21. The number of aromatic nitrogens is 2. The van der Waals surface area contributed by atoms with Crippen LogP contribution in [-0.4, -0.2) is 16.7 Å². The van der Waals surface area contributed by atoms with Gasteiger partial charge in [-0.15, -0.1) is 6.58 Å². The molecule has 0 bridgehead atoms. The second kappa shape index (κ2) is 3.02. The van der Waals surface area contributed by atoms with E-state index >= 15 is 0 Å². The lowest BCUT2D eigenvalue weighted by molar-refractivity contribution is 0.386. The highest BCUT2D eigenvalue weighted by Gasteiger charge is 2.03. The number of nitrogens with zero attached hydrogens (tertiary/aromatic N) is 2. The Balaban J connectivity index is 2.75. The molecule has 0 aliphatic carbocycles. The normalized spacial score (nSPS) is 9.55. The number of hydrazine groups is 1. The Kier molecular flexibility index (Phi) is 2.07. The first kappa shape index (κ1) is 7.55. The SMILES string of the molecule is C=CCN(N)c1noc(=O)[nH]1. The number of H-pyrrole nitrogens is 1. The monoisotopic (exact) mass is 156 g/mol. The van der Waals surface area contributed by atoms with Gasteiger partial charge in [0.2, 0.25) is 0 Å². The van der Waals surface area contributed by atoms with Crippen molar-refractivity contribution in [2.75, 3.05) is 11.6 Å². The average molecular weight is 156 g/mol. The van der Waals surface area contributed by atoms with Crippen LogP contribution in [0.3, 0.4) is 0 Å². The third-order valence-electron chi connectivity index (χ3n) is 1.03. The third kappa shape index (κ3) is 1.68. The molecular formula is C5H8N4O2. The number of nitrogens with one attached hydrogen (secondary N) is 1. The number of rotatable bonds is 3. The van der Waals surface area contributed by atoms with Crippen molar-refractivity contribution < 1.29 is 4.52 Å². The van der Waals surface area contributed by atoms with Crippen molar-refractivity contribution in [1.29, 1.82) is 0 Å². The summed E-state index contributed by atoms with van der Waals surface area (Å²) in [4.78, 5) is 12.7. The zero-order valence-corrected chi connectivity index (χ0v) is 5.78. The van der Waals surface area contributed by atoms with E-state index in [1.54, 1.807) is 6.08 Å². The first-order valence-corrected chi connectivity index (χ1v) is 2.93. The minimum atomic E-state index is -0.625. The number of hydrogen-bond acceptors (Lipinski definition) is 5. The smallest absolute Gasteiger partial charge is 0.294 e.